The summed E-state index contributed by atoms with van der Waals surface area (Å²) in [6.07, 6.45) is 3.34. The first-order valence-corrected chi connectivity index (χ1v) is 5.61. The number of nitrogens with one attached hydrogen (secondary N) is 1. The molecule has 1 aromatic heterocycles. The molecule has 0 spiro atoms. The van der Waals surface area contributed by atoms with Crippen LogP contribution in [-0.2, 0) is 11.3 Å². The summed E-state index contributed by atoms with van der Waals surface area (Å²) in [5, 5.41) is 11.2. The Morgan fingerprint density at radius 1 is 1.50 bits per heavy atom. The van der Waals surface area contributed by atoms with E-state index in [1.54, 1.807) is 19.4 Å². The van der Waals surface area contributed by atoms with Crippen LogP contribution in [0.5, 0.6) is 0 Å². The SMILES string of the molecule is Cc1ccncc1CNC(=O)N(C)CCC(=O)O. The molecule has 0 aromatic carbocycles. The molecule has 0 atom stereocenters. The van der Waals surface area contributed by atoms with E-state index in [2.05, 4.69) is 10.3 Å². The van der Waals surface area contributed by atoms with Crippen molar-refractivity contribution in [1.82, 2.24) is 15.2 Å². The van der Waals surface area contributed by atoms with Gasteiger partial charge in [0.1, 0.15) is 0 Å². The first-order chi connectivity index (χ1) is 8.50. The number of carbonyl (C=O) groups is 2. The number of rotatable bonds is 5. The van der Waals surface area contributed by atoms with Gasteiger partial charge < -0.3 is 15.3 Å². The molecule has 0 radical (unpaired) electrons. The summed E-state index contributed by atoms with van der Waals surface area (Å²) < 4.78 is 0. The van der Waals surface area contributed by atoms with Crippen LogP contribution in [0.3, 0.4) is 0 Å². The zero-order valence-corrected chi connectivity index (χ0v) is 10.5. The predicted octanol–water partition coefficient (Wildman–Crippen LogP) is 1.01. The second-order valence-electron chi connectivity index (χ2n) is 4.03. The highest BCUT2D eigenvalue weighted by atomic mass is 16.4. The summed E-state index contributed by atoms with van der Waals surface area (Å²) in [7, 11) is 1.56. The van der Waals surface area contributed by atoms with E-state index in [0.717, 1.165) is 11.1 Å². The summed E-state index contributed by atoms with van der Waals surface area (Å²) in [4.78, 5) is 27.4. The molecular weight excluding hydrogens is 234 g/mol. The normalized spacial score (nSPS) is 9.89. The molecule has 98 valence electrons. The Hall–Kier alpha value is -2.11. The quantitative estimate of drug-likeness (QED) is 0.818. The molecular formula is C12H17N3O3. The van der Waals surface area contributed by atoms with Gasteiger partial charge in [-0.3, -0.25) is 9.78 Å². The molecule has 1 rings (SSSR count). The van der Waals surface area contributed by atoms with Gasteiger partial charge in [0, 0.05) is 32.5 Å². The number of amides is 2. The van der Waals surface area contributed by atoms with Crippen molar-refractivity contribution in [2.24, 2.45) is 0 Å². The number of hydrogen-bond acceptors (Lipinski definition) is 3. The second kappa shape index (κ2) is 6.58. The summed E-state index contributed by atoms with van der Waals surface area (Å²) >= 11 is 0. The summed E-state index contributed by atoms with van der Waals surface area (Å²) in [5.74, 6) is -0.919. The molecule has 2 amide bonds. The van der Waals surface area contributed by atoms with E-state index in [1.807, 2.05) is 13.0 Å². The van der Waals surface area contributed by atoms with Gasteiger partial charge in [-0.2, -0.15) is 0 Å². The van der Waals surface area contributed by atoms with Crippen LogP contribution in [0.4, 0.5) is 4.79 Å². The minimum Gasteiger partial charge on any atom is -0.481 e. The van der Waals surface area contributed by atoms with Crippen LogP contribution < -0.4 is 5.32 Å². The van der Waals surface area contributed by atoms with Gasteiger partial charge in [-0.25, -0.2) is 4.79 Å². The highest BCUT2D eigenvalue weighted by Crippen LogP contribution is 2.04. The van der Waals surface area contributed by atoms with Gasteiger partial charge in [0.25, 0.3) is 0 Å². The number of aromatic nitrogens is 1. The Labute approximate surface area is 106 Å². The third-order valence-electron chi connectivity index (χ3n) is 2.59. The van der Waals surface area contributed by atoms with Crippen LogP contribution in [0.2, 0.25) is 0 Å². The number of hydrogen-bond donors (Lipinski definition) is 2. The topological polar surface area (TPSA) is 82.5 Å². The molecule has 1 aromatic rings. The fourth-order valence-electron chi connectivity index (χ4n) is 1.35. The molecule has 0 fully saturated rings. The van der Waals surface area contributed by atoms with Crippen molar-refractivity contribution in [3.8, 4) is 0 Å². The molecule has 6 heteroatoms. The summed E-state index contributed by atoms with van der Waals surface area (Å²) in [6, 6.07) is 1.58. The first kappa shape index (κ1) is 14.0. The van der Waals surface area contributed by atoms with Gasteiger partial charge >= 0.3 is 12.0 Å². The van der Waals surface area contributed by atoms with Crippen LogP contribution >= 0.6 is 0 Å². The first-order valence-electron chi connectivity index (χ1n) is 5.61. The lowest BCUT2D eigenvalue weighted by molar-refractivity contribution is -0.137. The molecule has 2 N–H and O–H groups in total. The zero-order valence-electron chi connectivity index (χ0n) is 10.5. The van der Waals surface area contributed by atoms with Crippen LogP contribution in [0, 0.1) is 6.92 Å². The Bertz CT molecular complexity index is 434. The molecule has 18 heavy (non-hydrogen) atoms. The number of aryl methyl sites for hydroxylation is 1. The van der Waals surface area contributed by atoms with E-state index in [9.17, 15) is 9.59 Å². The van der Waals surface area contributed by atoms with Crippen molar-refractivity contribution in [3.05, 3.63) is 29.6 Å². The number of carbonyl (C=O) groups excluding carboxylic acids is 1. The van der Waals surface area contributed by atoms with Crippen molar-refractivity contribution in [1.29, 1.82) is 0 Å². The number of carboxylic acid groups (broad SMARTS) is 1. The van der Waals surface area contributed by atoms with E-state index >= 15 is 0 Å². The highest BCUT2D eigenvalue weighted by molar-refractivity contribution is 5.75. The maximum Gasteiger partial charge on any atom is 0.317 e. The molecule has 0 unspecified atom stereocenters. The van der Waals surface area contributed by atoms with Gasteiger partial charge in [0.2, 0.25) is 0 Å². The van der Waals surface area contributed by atoms with Crippen LogP contribution in [0.15, 0.2) is 18.5 Å². The van der Waals surface area contributed by atoms with Gasteiger partial charge in [0.05, 0.1) is 6.42 Å². The van der Waals surface area contributed by atoms with Crippen LogP contribution in [0.1, 0.15) is 17.5 Å². The smallest absolute Gasteiger partial charge is 0.317 e. The molecule has 0 saturated carbocycles. The molecule has 0 aliphatic rings. The van der Waals surface area contributed by atoms with Crippen molar-refractivity contribution >= 4 is 12.0 Å². The fraction of sp³-hybridized carbons (Fsp3) is 0.417. The van der Waals surface area contributed by atoms with Crippen molar-refractivity contribution in [3.63, 3.8) is 0 Å². The lowest BCUT2D eigenvalue weighted by Crippen LogP contribution is -2.38. The lowest BCUT2D eigenvalue weighted by Gasteiger charge is -2.17. The largest absolute Gasteiger partial charge is 0.481 e. The molecule has 0 saturated heterocycles. The predicted molar refractivity (Wildman–Crippen MR) is 66.1 cm³/mol. The Kier molecular flexibility index (Phi) is 5.10. The van der Waals surface area contributed by atoms with E-state index in [-0.39, 0.29) is 19.0 Å². The van der Waals surface area contributed by atoms with Gasteiger partial charge in [-0.05, 0) is 24.1 Å². The molecule has 6 nitrogen and oxygen atoms in total. The summed E-state index contributed by atoms with van der Waals surface area (Å²) in [6.45, 7) is 2.51. The van der Waals surface area contributed by atoms with Crippen molar-refractivity contribution < 1.29 is 14.7 Å². The highest BCUT2D eigenvalue weighted by Gasteiger charge is 2.09. The average Bonchev–Trinajstić information content (AvgIpc) is 2.34. The van der Waals surface area contributed by atoms with Crippen molar-refractivity contribution in [2.45, 2.75) is 19.9 Å². The Morgan fingerprint density at radius 3 is 2.83 bits per heavy atom. The number of nitrogens with zero attached hydrogens (tertiary/aromatic N) is 2. The third kappa shape index (κ3) is 4.40. The van der Waals surface area contributed by atoms with Crippen LogP contribution in [0.25, 0.3) is 0 Å². The molecule has 1 heterocycles. The number of pyridine rings is 1. The lowest BCUT2D eigenvalue weighted by atomic mass is 10.2. The fourth-order valence-corrected chi connectivity index (χ4v) is 1.35. The van der Waals surface area contributed by atoms with Gasteiger partial charge in [-0.15, -0.1) is 0 Å². The van der Waals surface area contributed by atoms with Crippen molar-refractivity contribution in [2.75, 3.05) is 13.6 Å². The second-order valence-corrected chi connectivity index (χ2v) is 4.03. The minimum atomic E-state index is -0.919. The van der Waals surface area contributed by atoms with E-state index in [0.29, 0.717) is 6.54 Å². The number of aliphatic carboxylic acids is 1. The average molecular weight is 251 g/mol. The monoisotopic (exact) mass is 251 g/mol. The Balaban J connectivity index is 2.41. The van der Waals surface area contributed by atoms with Gasteiger partial charge in [-0.1, -0.05) is 0 Å². The molecule has 0 bridgehead atoms. The maximum absolute atomic E-state index is 11.6. The standard InChI is InChI=1S/C12H17N3O3/c1-9-3-5-13-7-10(9)8-14-12(18)15(2)6-4-11(16)17/h3,5,7H,4,6,8H2,1-2H3,(H,14,18)(H,16,17). The van der Waals surface area contributed by atoms with E-state index in [1.165, 1.54) is 4.90 Å². The van der Waals surface area contributed by atoms with Gasteiger partial charge in [0.15, 0.2) is 0 Å². The Morgan fingerprint density at radius 2 is 2.22 bits per heavy atom. The summed E-state index contributed by atoms with van der Waals surface area (Å²) in [5.41, 5.74) is 2.00. The number of urea groups is 1. The number of carboxylic acids is 1. The third-order valence-corrected chi connectivity index (χ3v) is 2.59. The minimum absolute atomic E-state index is 0.0597. The van der Waals surface area contributed by atoms with Crippen LogP contribution in [-0.4, -0.2) is 40.6 Å². The van der Waals surface area contributed by atoms with E-state index < -0.39 is 5.97 Å². The zero-order chi connectivity index (χ0) is 13.5. The van der Waals surface area contributed by atoms with E-state index in [4.69, 9.17) is 5.11 Å². The molecule has 0 aliphatic heterocycles. The molecule has 0 aliphatic carbocycles. The maximum atomic E-state index is 11.6.